The van der Waals surface area contributed by atoms with E-state index in [0.29, 0.717) is 37.8 Å². The van der Waals surface area contributed by atoms with Crippen LogP contribution in [0.3, 0.4) is 0 Å². The molecular formula is C16H24N6O3. The van der Waals surface area contributed by atoms with Crippen LogP contribution in [-0.2, 0) is 16.1 Å². The van der Waals surface area contributed by atoms with Crippen molar-refractivity contribution in [1.82, 2.24) is 24.8 Å². The van der Waals surface area contributed by atoms with Crippen molar-refractivity contribution in [3.8, 4) is 0 Å². The number of carbonyl (C=O) groups excluding carboxylic acids is 1. The van der Waals surface area contributed by atoms with E-state index in [0.717, 1.165) is 11.6 Å². The molecule has 1 N–H and O–H groups in total. The van der Waals surface area contributed by atoms with Crippen LogP contribution in [0.1, 0.15) is 24.3 Å². The van der Waals surface area contributed by atoms with Gasteiger partial charge in [0.1, 0.15) is 17.4 Å². The second kappa shape index (κ2) is 7.32. The number of hydrogen-bond acceptors (Lipinski definition) is 7. The Morgan fingerprint density at radius 2 is 2.24 bits per heavy atom. The lowest BCUT2D eigenvalue weighted by Gasteiger charge is -2.36. The molecule has 3 heterocycles. The Labute approximate surface area is 146 Å². The number of aromatic nitrogens is 4. The van der Waals surface area contributed by atoms with Gasteiger partial charge in [0.15, 0.2) is 5.82 Å². The largest absolute Gasteiger partial charge is 0.374 e. The summed E-state index contributed by atoms with van der Waals surface area (Å²) >= 11 is 0. The van der Waals surface area contributed by atoms with E-state index in [1.807, 2.05) is 25.5 Å². The zero-order valence-corrected chi connectivity index (χ0v) is 15.0. The number of hydrogen-bond donors (Lipinski definition) is 1. The lowest BCUT2D eigenvalue weighted by atomic mass is 10.2. The van der Waals surface area contributed by atoms with Crippen LogP contribution in [0.25, 0.3) is 0 Å². The van der Waals surface area contributed by atoms with Gasteiger partial charge in [-0.05, 0) is 27.7 Å². The van der Waals surface area contributed by atoms with Crippen LogP contribution in [0, 0.1) is 20.8 Å². The van der Waals surface area contributed by atoms with Crippen LogP contribution in [0.2, 0.25) is 0 Å². The molecule has 0 bridgehead atoms. The average Bonchev–Trinajstić information content (AvgIpc) is 3.11. The SMILES string of the molecule is Cc1nc(C)n(C[C@@H]2CN([C@@H](C)C(=O)Nc3cc(C)on3)CCO2)n1. The van der Waals surface area contributed by atoms with Gasteiger partial charge in [0.25, 0.3) is 0 Å². The molecule has 1 aliphatic rings. The van der Waals surface area contributed by atoms with Crippen molar-refractivity contribution >= 4 is 11.7 Å². The molecule has 0 spiro atoms. The smallest absolute Gasteiger partial charge is 0.242 e. The summed E-state index contributed by atoms with van der Waals surface area (Å²) in [5.74, 6) is 2.61. The molecule has 0 saturated carbocycles. The Hall–Kier alpha value is -2.26. The minimum atomic E-state index is -0.290. The first-order chi connectivity index (χ1) is 11.9. The molecule has 1 fully saturated rings. The summed E-state index contributed by atoms with van der Waals surface area (Å²) in [5, 5.41) is 11.0. The maximum atomic E-state index is 12.4. The van der Waals surface area contributed by atoms with Gasteiger partial charge < -0.3 is 14.6 Å². The third-order valence-corrected chi connectivity index (χ3v) is 4.32. The van der Waals surface area contributed by atoms with Crippen molar-refractivity contribution in [2.24, 2.45) is 0 Å². The number of ether oxygens (including phenoxy) is 1. The van der Waals surface area contributed by atoms with Gasteiger partial charge in [-0.15, -0.1) is 0 Å². The molecular weight excluding hydrogens is 324 g/mol. The first-order valence-electron chi connectivity index (χ1n) is 8.40. The zero-order valence-electron chi connectivity index (χ0n) is 15.0. The summed E-state index contributed by atoms with van der Waals surface area (Å²) in [5.41, 5.74) is 0. The molecule has 136 valence electrons. The highest BCUT2D eigenvalue weighted by Gasteiger charge is 2.29. The van der Waals surface area contributed by atoms with Gasteiger partial charge in [-0.2, -0.15) is 5.10 Å². The molecule has 25 heavy (non-hydrogen) atoms. The Kier molecular flexibility index (Phi) is 5.14. The third-order valence-electron chi connectivity index (χ3n) is 4.32. The van der Waals surface area contributed by atoms with E-state index in [1.54, 1.807) is 13.0 Å². The van der Waals surface area contributed by atoms with Crippen molar-refractivity contribution in [1.29, 1.82) is 0 Å². The maximum absolute atomic E-state index is 12.4. The van der Waals surface area contributed by atoms with Crippen molar-refractivity contribution in [3.63, 3.8) is 0 Å². The summed E-state index contributed by atoms with van der Waals surface area (Å²) in [7, 11) is 0. The van der Waals surface area contributed by atoms with Crippen LogP contribution in [-0.4, -0.2) is 62.6 Å². The molecule has 1 aliphatic heterocycles. The fourth-order valence-electron chi connectivity index (χ4n) is 2.95. The molecule has 2 aromatic rings. The summed E-state index contributed by atoms with van der Waals surface area (Å²) < 4.78 is 12.7. The van der Waals surface area contributed by atoms with Gasteiger partial charge in [0.05, 0.1) is 25.3 Å². The Morgan fingerprint density at radius 3 is 2.88 bits per heavy atom. The molecule has 0 unspecified atom stereocenters. The van der Waals surface area contributed by atoms with Crippen LogP contribution >= 0.6 is 0 Å². The van der Waals surface area contributed by atoms with E-state index < -0.39 is 0 Å². The molecule has 0 aromatic carbocycles. The molecule has 1 saturated heterocycles. The first kappa shape index (κ1) is 17.6. The van der Waals surface area contributed by atoms with Gasteiger partial charge in [-0.1, -0.05) is 5.16 Å². The molecule has 9 nitrogen and oxygen atoms in total. The average molecular weight is 348 g/mol. The number of nitrogens with zero attached hydrogens (tertiary/aromatic N) is 5. The molecule has 0 radical (unpaired) electrons. The number of morpholine rings is 1. The fraction of sp³-hybridized carbons (Fsp3) is 0.625. The highest BCUT2D eigenvalue weighted by Crippen LogP contribution is 2.14. The topological polar surface area (TPSA) is 98.3 Å². The number of rotatable bonds is 5. The predicted molar refractivity (Wildman–Crippen MR) is 90.1 cm³/mol. The molecule has 2 atom stereocenters. The van der Waals surface area contributed by atoms with Crippen molar-refractivity contribution in [2.75, 3.05) is 25.0 Å². The Morgan fingerprint density at radius 1 is 1.44 bits per heavy atom. The monoisotopic (exact) mass is 348 g/mol. The Bertz CT molecular complexity index is 740. The number of amides is 1. The number of aryl methyl sites for hydroxylation is 3. The maximum Gasteiger partial charge on any atom is 0.242 e. The lowest BCUT2D eigenvalue weighted by Crippen LogP contribution is -2.51. The van der Waals surface area contributed by atoms with Gasteiger partial charge in [-0.25, -0.2) is 9.67 Å². The predicted octanol–water partition coefficient (Wildman–Crippen LogP) is 0.919. The van der Waals surface area contributed by atoms with Crippen molar-refractivity contribution in [3.05, 3.63) is 23.5 Å². The quantitative estimate of drug-likeness (QED) is 0.858. The normalized spacial score (nSPS) is 19.8. The van der Waals surface area contributed by atoms with E-state index >= 15 is 0 Å². The third kappa shape index (κ3) is 4.23. The number of anilines is 1. The van der Waals surface area contributed by atoms with Crippen molar-refractivity contribution in [2.45, 2.75) is 46.4 Å². The van der Waals surface area contributed by atoms with Crippen LogP contribution in [0.4, 0.5) is 5.82 Å². The minimum Gasteiger partial charge on any atom is -0.374 e. The summed E-state index contributed by atoms with van der Waals surface area (Å²) in [6, 6.07) is 1.41. The first-order valence-corrected chi connectivity index (χ1v) is 8.40. The van der Waals surface area contributed by atoms with Crippen molar-refractivity contribution < 1.29 is 14.1 Å². The lowest BCUT2D eigenvalue weighted by molar-refractivity contribution is -0.124. The van der Waals surface area contributed by atoms with Gasteiger partial charge >= 0.3 is 0 Å². The summed E-state index contributed by atoms with van der Waals surface area (Å²) in [6.07, 6.45) is -0.0295. The highest BCUT2D eigenvalue weighted by molar-refractivity contribution is 5.93. The van der Waals surface area contributed by atoms with Gasteiger partial charge in [-0.3, -0.25) is 9.69 Å². The minimum absolute atomic E-state index is 0.0295. The standard InChI is InChI=1S/C16H24N6O3/c1-10-7-15(20-25-10)18-16(23)11(2)21-5-6-24-14(8-21)9-22-13(4)17-12(3)19-22/h7,11,14H,5-6,8-9H2,1-4H3,(H,18,20,23)/t11-,14-/m0/s1. The molecule has 9 heteroatoms. The zero-order chi connectivity index (χ0) is 18.0. The van der Waals surface area contributed by atoms with Gasteiger partial charge in [0.2, 0.25) is 5.91 Å². The van der Waals surface area contributed by atoms with E-state index in [9.17, 15) is 4.79 Å². The van der Waals surface area contributed by atoms with E-state index in [1.165, 1.54) is 0 Å². The summed E-state index contributed by atoms with van der Waals surface area (Å²) in [6.45, 7) is 10.0. The molecule has 3 rings (SSSR count). The molecule has 1 amide bonds. The molecule has 2 aromatic heterocycles. The highest BCUT2D eigenvalue weighted by atomic mass is 16.5. The summed E-state index contributed by atoms with van der Waals surface area (Å²) in [4.78, 5) is 18.9. The second-order valence-corrected chi connectivity index (χ2v) is 6.36. The molecule has 0 aliphatic carbocycles. The van der Waals surface area contributed by atoms with Crippen LogP contribution in [0.5, 0.6) is 0 Å². The number of carbonyl (C=O) groups is 1. The Balaban J connectivity index is 1.58. The van der Waals surface area contributed by atoms with E-state index in [4.69, 9.17) is 9.26 Å². The van der Waals surface area contributed by atoms with Crippen LogP contribution < -0.4 is 5.32 Å². The van der Waals surface area contributed by atoms with E-state index in [-0.39, 0.29) is 18.1 Å². The fourth-order valence-corrected chi connectivity index (χ4v) is 2.95. The van der Waals surface area contributed by atoms with Crippen LogP contribution in [0.15, 0.2) is 10.6 Å². The van der Waals surface area contributed by atoms with Gasteiger partial charge in [0, 0.05) is 19.2 Å². The second-order valence-electron chi connectivity index (χ2n) is 6.36. The van der Waals surface area contributed by atoms with E-state index in [2.05, 4.69) is 25.5 Å². The number of nitrogens with one attached hydrogen (secondary N) is 1.